The summed E-state index contributed by atoms with van der Waals surface area (Å²) in [5.41, 5.74) is 3.08. The smallest absolute Gasteiger partial charge is 0.289 e. The molecule has 33 heavy (non-hydrogen) atoms. The van der Waals surface area contributed by atoms with Crippen LogP contribution in [0.4, 0.5) is 0 Å². The molecule has 0 saturated carbocycles. The first-order valence-corrected chi connectivity index (χ1v) is 11.3. The lowest BCUT2D eigenvalue weighted by atomic mass is 9.94. The van der Waals surface area contributed by atoms with Gasteiger partial charge in [0.15, 0.2) is 0 Å². The van der Waals surface area contributed by atoms with Gasteiger partial charge in [0.05, 0.1) is 16.3 Å². The quantitative estimate of drug-likeness (QED) is 0.312. The van der Waals surface area contributed by atoms with Crippen LogP contribution in [0, 0.1) is 0 Å². The van der Waals surface area contributed by atoms with Gasteiger partial charge in [-0.3, -0.25) is 4.79 Å². The van der Waals surface area contributed by atoms with Crippen molar-refractivity contribution in [1.29, 1.82) is 0 Å². The Bertz CT molecular complexity index is 1310. The van der Waals surface area contributed by atoms with E-state index in [1.807, 2.05) is 56.3 Å². The molecule has 0 aliphatic heterocycles. The van der Waals surface area contributed by atoms with Crippen LogP contribution >= 0.6 is 34.8 Å². The normalized spacial score (nSPS) is 11.3. The molecule has 4 rings (SSSR count). The Morgan fingerprint density at radius 3 is 2.18 bits per heavy atom. The maximum absolute atomic E-state index is 13.1. The first-order chi connectivity index (χ1) is 15.7. The Kier molecular flexibility index (Phi) is 6.71. The van der Waals surface area contributed by atoms with E-state index in [1.54, 1.807) is 36.5 Å². The van der Waals surface area contributed by atoms with E-state index < -0.39 is 11.4 Å². The molecule has 1 amide bonds. The second-order valence-electron chi connectivity index (χ2n) is 8.03. The van der Waals surface area contributed by atoms with Gasteiger partial charge in [0.2, 0.25) is 5.82 Å². The van der Waals surface area contributed by atoms with E-state index in [4.69, 9.17) is 34.8 Å². The third-order valence-corrected chi connectivity index (χ3v) is 6.05. The van der Waals surface area contributed by atoms with Crippen LogP contribution in [0.25, 0.3) is 22.4 Å². The third-order valence-electron chi connectivity index (χ3n) is 5.25. The Morgan fingerprint density at radius 2 is 1.52 bits per heavy atom. The lowest BCUT2D eigenvalue weighted by Gasteiger charge is -2.26. The number of nitrogens with one attached hydrogen (secondary N) is 1. The molecule has 0 aliphatic carbocycles. The van der Waals surface area contributed by atoms with Crippen LogP contribution in [0.1, 0.15) is 30.0 Å². The Balaban J connectivity index is 1.78. The average molecular weight is 497 g/mol. The fourth-order valence-electron chi connectivity index (χ4n) is 3.49. The van der Waals surface area contributed by atoms with E-state index in [0.29, 0.717) is 26.3 Å². The van der Waals surface area contributed by atoms with Crippen molar-refractivity contribution in [2.24, 2.45) is 0 Å². The summed E-state index contributed by atoms with van der Waals surface area (Å²) < 4.78 is 0. The van der Waals surface area contributed by atoms with E-state index in [-0.39, 0.29) is 5.82 Å². The number of hydrogen-bond donors (Lipinski definition) is 1. The lowest BCUT2D eigenvalue weighted by molar-refractivity contribution is 0.0901. The zero-order valence-electron chi connectivity index (χ0n) is 17.9. The van der Waals surface area contributed by atoms with Gasteiger partial charge >= 0.3 is 0 Å². The number of aromatic nitrogens is 2. The van der Waals surface area contributed by atoms with Crippen LogP contribution in [-0.4, -0.2) is 15.9 Å². The maximum Gasteiger partial charge on any atom is 0.289 e. The third kappa shape index (κ3) is 5.19. The SMILES string of the molecule is CC(C)(NC(=O)c1ncc(-c2ccc(Cl)cc2)c(-c2ccc(Cl)cc2Cl)n1)c1ccccc1. The van der Waals surface area contributed by atoms with Crippen molar-refractivity contribution in [3.8, 4) is 22.4 Å². The van der Waals surface area contributed by atoms with E-state index >= 15 is 0 Å². The van der Waals surface area contributed by atoms with E-state index in [0.717, 1.165) is 16.7 Å². The first kappa shape index (κ1) is 23.2. The van der Waals surface area contributed by atoms with Crippen molar-refractivity contribution in [3.63, 3.8) is 0 Å². The summed E-state index contributed by atoms with van der Waals surface area (Å²) in [6.07, 6.45) is 1.63. The second-order valence-corrected chi connectivity index (χ2v) is 9.31. The van der Waals surface area contributed by atoms with Gasteiger partial charge in [-0.25, -0.2) is 9.97 Å². The topological polar surface area (TPSA) is 54.9 Å². The number of carbonyl (C=O) groups is 1. The molecule has 1 aromatic heterocycles. The van der Waals surface area contributed by atoms with Gasteiger partial charge in [0.25, 0.3) is 5.91 Å². The molecule has 0 fully saturated rings. The number of amides is 1. The molecule has 1 heterocycles. The van der Waals surface area contributed by atoms with Gasteiger partial charge < -0.3 is 5.32 Å². The van der Waals surface area contributed by atoms with Gasteiger partial charge in [0, 0.05) is 27.4 Å². The van der Waals surface area contributed by atoms with Crippen molar-refractivity contribution in [2.45, 2.75) is 19.4 Å². The van der Waals surface area contributed by atoms with Crippen molar-refractivity contribution < 1.29 is 4.79 Å². The fraction of sp³-hybridized carbons (Fsp3) is 0.115. The molecule has 0 saturated heterocycles. The van der Waals surface area contributed by atoms with Gasteiger partial charge in [-0.15, -0.1) is 0 Å². The summed E-state index contributed by atoms with van der Waals surface area (Å²) in [6.45, 7) is 3.86. The molecule has 1 N–H and O–H groups in total. The van der Waals surface area contributed by atoms with Crippen LogP contribution in [0.5, 0.6) is 0 Å². The fourth-order valence-corrected chi connectivity index (χ4v) is 4.11. The first-order valence-electron chi connectivity index (χ1n) is 10.2. The largest absolute Gasteiger partial charge is 0.340 e. The zero-order valence-corrected chi connectivity index (χ0v) is 20.2. The molecule has 0 spiro atoms. The number of hydrogen-bond acceptors (Lipinski definition) is 3. The summed E-state index contributed by atoms with van der Waals surface area (Å²) in [5.74, 6) is -0.351. The molecule has 0 bridgehead atoms. The number of halogens is 3. The molecular weight excluding hydrogens is 477 g/mol. The molecule has 7 heteroatoms. The molecule has 4 aromatic rings. The van der Waals surface area contributed by atoms with Gasteiger partial charge in [-0.1, -0.05) is 77.3 Å². The predicted molar refractivity (Wildman–Crippen MR) is 135 cm³/mol. The van der Waals surface area contributed by atoms with Crippen LogP contribution in [0.3, 0.4) is 0 Å². The van der Waals surface area contributed by atoms with Crippen LogP contribution in [0.15, 0.2) is 79.0 Å². The number of rotatable bonds is 5. The predicted octanol–water partition coefficient (Wildman–Crippen LogP) is 7.44. The van der Waals surface area contributed by atoms with Gasteiger partial charge in [-0.2, -0.15) is 0 Å². The number of nitrogens with zero attached hydrogens (tertiary/aromatic N) is 2. The molecule has 3 aromatic carbocycles. The molecule has 4 nitrogen and oxygen atoms in total. The molecular formula is C26H20Cl3N3O. The van der Waals surface area contributed by atoms with Gasteiger partial charge in [-0.05, 0) is 55.3 Å². The highest BCUT2D eigenvalue weighted by Gasteiger charge is 2.25. The van der Waals surface area contributed by atoms with Crippen LogP contribution < -0.4 is 5.32 Å². The highest BCUT2D eigenvalue weighted by atomic mass is 35.5. The van der Waals surface area contributed by atoms with E-state index in [9.17, 15) is 4.79 Å². The van der Waals surface area contributed by atoms with Gasteiger partial charge in [0.1, 0.15) is 0 Å². The molecule has 166 valence electrons. The Morgan fingerprint density at radius 1 is 0.848 bits per heavy atom. The highest BCUT2D eigenvalue weighted by molar-refractivity contribution is 6.36. The number of carbonyl (C=O) groups excluding carboxylic acids is 1. The minimum Gasteiger partial charge on any atom is -0.340 e. The van der Waals surface area contributed by atoms with E-state index in [1.165, 1.54) is 0 Å². The average Bonchev–Trinajstić information content (AvgIpc) is 2.80. The molecule has 0 unspecified atom stereocenters. The number of benzene rings is 3. The summed E-state index contributed by atoms with van der Waals surface area (Å²) in [7, 11) is 0. The molecule has 0 radical (unpaired) electrons. The van der Waals surface area contributed by atoms with Crippen molar-refractivity contribution in [2.75, 3.05) is 0 Å². The molecule has 0 atom stereocenters. The Hall–Kier alpha value is -2.92. The van der Waals surface area contributed by atoms with E-state index in [2.05, 4.69) is 15.3 Å². The van der Waals surface area contributed by atoms with Crippen LogP contribution in [-0.2, 0) is 5.54 Å². The lowest BCUT2D eigenvalue weighted by Crippen LogP contribution is -2.41. The zero-order chi connectivity index (χ0) is 23.6. The van der Waals surface area contributed by atoms with Crippen molar-refractivity contribution in [1.82, 2.24) is 15.3 Å². The Labute approximate surface area is 207 Å². The highest BCUT2D eigenvalue weighted by Crippen LogP contribution is 2.36. The summed E-state index contributed by atoms with van der Waals surface area (Å²) >= 11 is 18.7. The summed E-state index contributed by atoms with van der Waals surface area (Å²) in [4.78, 5) is 22.1. The second kappa shape index (κ2) is 9.52. The van der Waals surface area contributed by atoms with Crippen molar-refractivity contribution >= 4 is 40.7 Å². The standard InChI is InChI=1S/C26H20Cl3N3O/c1-26(2,17-6-4-3-5-7-17)32-25(33)24-30-15-21(16-8-10-18(27)11-9-16)23(31-24)20-13-12-19(28)14-22(20)29/h3-15H,1-2H3,(H,32,33). The van der Waals surface area contributed by atoms with Crippen molar-refractivity contribution in [3.05, 3.63) is 105 Å². The van der Waals surface area contributed by atoms with Crippen LogP contribution in [0.2, 0.25) is 15.1 Å². The minimum absolute atomic E-state index is 0.0396. The monoisotopic (exact) mass is 495 g/mol. The maximum atomic E-state index is 13.1. The summed E-state index contributed by atoms with van der Waals surface area (Å²) in [5, 5.41) is 4.57. The summed E-state index contributed by atoms with van der Waals surface area (Å²) in [6, 6.07) is 22.2. The molecule has 0 aliphatic rings. The minimum atomic E-state index is -0.616.